The molecule has 2 aliphatic heterocycles. The molecule has 6 nitrogen and oxygen atoms in total. The summed E-state index contributed by atoms with van der Waals surface area (Å²) in [7, 11) is 0. The van der Waals surface area contributed by atoms with Crippen LogP contribution in [0.5, 0.6) is 5.75 Å². The number of aliphatic hydroxyl groups excluding tert-OH is 1. The highest BCUT2D eigenvalue weighted by Gasteiger charge is 2.32. The van der Waals surface area contributed by atoms with Crippen molar-refractivity contribution in [2.45, 2.75) is 31.1 Å². The van der Waals surface area contributed by atoms with Gasteiger partial charge in [0.25, 0.3) is 0 Å². The maximum Gasteiger partial charge on any atom is 0.244 e. The topological polar surface area (TPSA) is 80.4 Å². The molecule has 1 unspecified atom stereocenters. The predicted octanol–water partition coefficient (Wildman–Crippen LogP) is 1.14. The first kappa shape index (κ1) is 11.9. The van der Waals surface area contributed by atoms with Gasteiger partial charge < -0.3 is 19.7 Å². The normalized spacial score (nSPS) is 28.4. The van der Waals surface area contributed by atoms with Crippen LogP contribution in [0.3, 0.4) is 0 Å². The second kappa shape index (κ2) is 4.57. The van der Waals surface area contributed by atoms with Crippen molar-refractivity contribution in [3.63, 3.8) is 0 Å². The van der Waals surface area contributed by atoms with Crippen LogP contribution in [0, 0.1) is 0 Å². The third-order valence-electron chi connectivity index (χ3n) is 3.80. The number of nitrogens with zero attached hydrogens (tertiary/aromatic N) is 2. The standard InChI is InChI=1S/C14H15N3O3/c18-9-6-10(15-7-9)14-16-13(17-20-14)12-5-8-3-1-2-4-11(8)19-12/h1-4,9-10,12,15,18H,5-7H2/t9-,10+,12?/m0/s1. The molecule has 2 aliphatic rings. The molecular formula is C14H15N3O3. The van der Waals surface area contributed by atoms with Crippen molar-refractivity contribution in [1.82, 2.24) is 15.5 Å². The molecule has 0 amide bonds. The van der Waals surface area contributed by atoms with Gasteiger partial charge in [-0.1, -0.05) is 23.4 Å². The first-order valence-corrected chi connectivity index (χ1v) is 6.79. The molecule has 0 spiro atoms. The van der Waals surface area contributed by atoms with Crippen molar-refractivity contribution in [3.05, 3.63) is 41.5 Å². The van der Waals surface area contributed by atoms with Gasteiger partial charge in [-0.15, -0.1) is 0 Å². The number of fused-ring (bicyclic) bond motifs is 1. The van der Waals surface area contributed by atoms with Crippen LogP contribution in [0.4, 0.5) is 0 Å². The fraction of sp³-hybridized carbons (Fsp3) is 0.429. The van der Waals surface area contributed by atoms with Gasteiger partial charge in [0, 0.05) is 13.0 Å². The lowest BCUT2D eigenvalue weighted by atomic mass is 10.1. The minimum atomic E-state index is -0.345. The number of aromatic nitrogens is 2. The summed E-state index contributed by atoms with van der Waals surface area (Å²) in [6.07, 6.45) is 0.835. The molecule has 104 valence electrons. The van der Waals surface area contributed by atoms with Gasteiger partial charge in [-0.05, 0) is 18.1 Å². The van der Waals surface area contributed by atoms with Crippen LogP contribution < -0.4 is 10.1 Å². The Bertz CT molecular complexity index is 603. The average Bonchev–Trinajstić information content (AvgIpc) is 3.16. The summed E-state index contributed by atoms with van der Waals surface area (Å²) in [6.45, 7) is 0.563. The molecule has 20 heavy (non-hydrogen) atoms. The number of nitrogens with one attached hydrogen (secondary N) is 1. The van der Waals surface area contributed by atoms with Gasteiger partial charge in [0.2, 0.25) is 11.7 Å². The van der Waals surface area contributed by atoms with Crippen LogP contribution in [-0.4, -0.2) is 27.9 Å². The van der Waals surface area contributed by atoms with Crippen molar-refractivity contribution in [3.8, 4) is 5.75 Å². The zero-order valence-electron chi connectivity index (χ0n) is 10.8. The molecule has 2 N–H and O–H groups in total. The smallest absolute Gasteiger partial charge is 0.244 e. The third kappa shape index (κ3) is 1.97. The number of rotatable bonds is 2. The van der Waals surface area contributed by atoms with E-state index in [9.17, 15) is 5.11 Å². The van der Waals surface area contributed by atoms with Gasteiger partial charge in [-0.2, -0.15) is 4.98 Å². The Kier molecular flexibility index (Phi) is 2.71. The lowest BCUT2D eigenvalue weighted by Gasteiger charge is -2.05. The Morgan fingerprint density at radius 1 is 1.30 bits per heavy atom. The van der Waals surface area contributed by atoms with E-state index in [0.29, 0.717) is 24.7 Å². The van der Waals surface area contributed by atoms with E-state index in [-0.39, 0.29) is 18.2 Å². The summed E-state index contributed by atoms with van der Waals surface area (Å²) in [5.41, 5.74) is 1.17. The van der Waals surface area contributed by atoms with E-state index >= 15 is 0 Å². The zero-order valence-corrected chi connectivity index (χ0v) is 10.8. The van der Waals surface area contributed by atoms with E-state index in [1.54, 1.807) is 0 Å². The fourth-order valence-electron chi connectivity index (χ4n) is 2.75. The van der Waals surface area contributed by atoms with Crippen molar-refractivity contribution in [2.75, 3.05) is 6.54 Å². The number of para-hydroxylation sites is 1. The Balaban J connectivity index is 1.52. The van der Waals surface area contributed by atoms with E-state index < -0.39 is 0 Å². The van der Waals surface area contributed by atoms with Gasteiger partial charge in [0.15, 0.2) is 6.10 Å². The molecule has 1 aromatic heterocycles. The number of ether oxygens (including phenoxy) is 1. The largest absolute Gasteiger partial charge is 0.482 e. The molecule has 0 bridgehead atoms. The molecule has 3 atom stereocenters. The number of aliphatic hydroxyl groups is 1. The van der Waals surface area contributed by atoms with Crippen LogP contribution >= 0.6 is 0 Å². The first-order valence-electron chi connectivity index (χ1n) is 6.79. The summed E-state index contributed by atoms with van der Waals surface area (Å²) >= 11 is 0. The molecule has 6 heteroatoms. The molecule has 0 radical (unpaired) electrons. The van der Waals surface area contributed by atoms with Crippen molar-refractivity contribution in [1.29, 1.82) is 0 Å². The van der Waals surface area contributed by atoms with E-state index in [1.807, 2.05) is 24.3 Å². The lowest BCUT2D eigenvalue weighted by Crippen LogP contribution is -2.15. The minimum absolute atomic E-state index is 0.0602. The Morgan fingerprint density at radius 3 is 3.00 bits per heavy atom. The Morgan fingerprint density at radius 2 is 2.20 bits per heavy atom. The number of β-amino-alcohol motifs (C(OH)–C–C–N with tert-alkyl or cyclic N) is 1. The maximum absolute atomic E-state index is 9.52. The predicted molar refractivity (Wildman–Crippen MR) is 69.2 cm³/mol. The SMILES string of the molecule is O[C@@H]1CN[C@@H](c2nc(C3Cc4ccccc4O3)no2)C1. The fourth-order valence-corrected chi connectivity index (χ4v) is 2.75. The summed E-state index contributed by atoms with van der Waals surface area (Å²) in [5, 5.41) is 16.7. The number of hydrogen-bond acceptors (Lipinski definition) is 6. The van der Waals surface area contributed by atoms with Crippen molar-refractivity contribution >= 4 is 0 Å². The molecule has 1 saturated heterocycles. The third-order valence-corrected chi connectivity index (χ3v) is 3.80. The summed E-state index contributed by atoms with van der Waals surface area (Å²) in [6, 6.07) is 7.88. The molecule has 4 rings (SSSR count). The lowest BCUT2D eigenvalue weighted by molar-refractivity contribution is 0.190. The molecule has 0 aliphatic carbocycles. The Hall–Kier alpha value is -1.92. The summed E-state index contributed by atoms with van der Waals surface area (Å²) in [5.74, 6) is 1.98. The second-order valence-corrected chi connectivity index (χ2v) is 5.26. The highest BCUT2D eigenvalue weighted by molar-refractivity contribution is 5.37. The summed E-state index contributed by atoms with van der Waals surface area (Å²) < 4.78 is 11.1. The molecule has 1 fully saturated rings. The van der Waals surface area contributed by atoms with Gasteiger partial charge in [-0.25, -0.2) is 0 Å². The van der Waals surface area contributed by atoms with Gasteiger partial charge in [0.05, 0.1) is 12.1 Å². The van der Waals surface area contributed by atoms with Gasteiger partial charge in [0.1, 0.15) is 5.75 Å². The number of benzene rings is 1. The number of hydrogen-bond donors (Lipinski definition) is 2. The van der Waals surface area contributed by atoms with Gasteiger partial charge in [-0.3, -0.25) is 0 Å². The molecule has 0 saturated carbocycles. The van der Waals surface area contributed by atoms with Crippen LogP contribution in [0.25, 0.3) is 0 Å². The van der Waals surface area contributed by atoms with E-state index in [4.69, 9.17) is 9.26 Å². The highest BCUT2D eigenvalue weighted by Crippen LogP contribution is 2.35. The van der Waals surface area contributed by atoms with E-state index in [1.165, 1.54) is 5.56 Å². The van der Waals surface area contributed by atoms with Crippen molar-refractivity contribution in [2.24, 2.45) is 0 Å². The summed E-state index contributed by atoms with van der Waals surface area (Å²) in [4.78, 5) is 4.42. The zero-order chi connectivity index (χ0) is 13.5. The van der Waals surface area contributed by atoms with Crippen LogP contribution in [0.15, 0.2) is 28.8 Å². The highest BCUT2D eigenvalue weighted by atomic mass is 16.5. The van der Waals surface area contributed by atoms with E-state index in [0.717, 1.165) is 12.2 Å². The second-order valence-electron chi connectivity index (χ2n) is 5.26. The van der Waals surface area contributed by atoms with Gasteiger partial charge >= 0.3 is 0 Å². The van der Waals surface area contributed by atoms with Crippen LogP contribution in [0.1, 0.15) is 35.8 Å². The Labute approximate surface area is 115 Å². The minimum Gasteiger partial charge on any atom is -0.482 e. The monoisotopic (exact) mass is 273 g/mol. The molecule has 1 aromatic carbocycles. The molecular weight excluding hydrogens is 258 g/mol. The van der Waals surface area contributed by atoms with Crippen LogP contribution in [0.2, 0.25) is 0 Å². The first-order chi connectivity index (χ1) is 9.79. The maximum atomic E-state index is 9.52. The molecule has 3 heterocycles. The molecule has 2 aromatic rings. The van der Waals surface area contributed by atoms with Crippen molar-refractivity contribution < 1.29 is 14.4 Å². The van der Waals surface area contributed by atoms with E-state index in [2.05, 4.69) is 15.5 Å². The average molecular weight is 273 g/mol. The van der Waals surface area contributed by atoms with Crippen LogP contribution in [-0.2, 0) is 6.42 Å². The quantitative estimate of drug-likeness (QED) is 0.854.